The van der Waals surface area contributed by atoms with E-state index in [0.717, 1.165) is 11.1 Å². The Kier molecular flexibility index (Phi) is 2.50. The second kappa shape index (κ2) is 3.22. The highest BCUT2D eigenvalue weighted by molar-refractivity contribution is 6.31. The third-order valence-corrected chi connectivity index (χ3v) is 2.24. The molecule has 0 aliphatic carbocycles. The van der Waals surface area contributed by atoms with Crippen LogP contribution in [0.4, 0.5) is 4.39 Å². The average Bonchev–Trinajstić information content (AvgIpc) is 1.99. The van der Waals surface area contributed by atoms with Gasteiger partial charge in [0.15, 0.2) is 0 Å². The summed E-state index contributed by atoms with van der Waals surface area (Å²) in [5.41, 5.74) is 1.58. The summed E-state index contributed by atoms with van der Waals surface area (Å²) in [4.78, 5) is 0. The highest BCUT2D eigenvalue weighted by atomic mass is 35.5. The van der Waals surface area contributed by atoms with Gasteiger partial charge in [-0.2, -0.15) is 0 Å². The minimum absolute atomic E-state index is 0.158. The van der Waals surface area contributed by atoms with Crippen molar-refractivity contribution in [2.24, 2.45) is 0 Å². The van der Waals surface area contributed by atoms with Crippen LogP contribution in [0.1, 0.15) is 18.1 Å². The fraction of sp³-hybridized carbons (Fsp3) is 0.333. The first-order valence-corrected chi connectivity index (χ1v) is 3.98. The van der Waals surface area contributed by atoms with Gasteiger partial charge in [-0.3, -0.25) is 0 Å². The summed E-state index contributed by atoms with van der Waals surface area (Å²) in [5.74, 6) is -0.158. The molecule has 1 aromatic rings. The maximum absolute atomic E-state index is 13.0. The molecule has 0 heterocycles. The lowest BCUT2D eigenvalue weighted by atomic mass is 10.1. The molecule has 0 saturated carbocycles. The summed E-state index contributed by atoms with van der Waals surface area (Å²) in [7, 11) is 0. The van der Waals surface area contributed by atoms with E-state index in [4.69, 9.17) is 11.6 Å². The van der Waals surface area contributed by atoms with Gasteiger partial charge in [-0.05, 0) is 36.6 Å². The Morgan fingerprint density at radius 2 is 2.09 bits per heavy atom. The third kappa shape index (κ3) is 1.54. The zero-order valence-electron chi connectivity index (χ0n) is 6.62. The van der Waals surface area contributed by atoms with E-state index in [-0.39, 0.29) is 5.82 Å². The molecule has 0 bridgehead atoms. The molecular formula is C9H10ClF. The lowest BCUT2D eigenvalue weighted by Crippen LogP contribution is -1.92. The Labute approximate surface area is 71.0 Å². The molecule has 60 valence electrons. The summed E-state index contributed by atoms with van der Waals surface area (Å²) in [6.45, 7) is 3.76. The number of benzene rings is 1. The Balaban J connectivity index is 3.29. The number of hydrogen-bond donors (Lipinski definition) is 0. The van der Waals surface area contributed by atoms with Crippen LogP contribution < -0.4 is 0 Å². The highest BCUT2D eigenvalue weighted by Gasteiger charge is 2.05. The molecular weight excluding hydrogens is 163 g/mol. The predicted molar refractivity (Wildman–Crippen MR) is 45.5 cm³/mol. The maximum atomic E-state index is 13.0. The van der Waals surface area contributed by atoms with Crippen molar-refractivity contribution < 1.29 is 4.39 Å². The van der Waals surface area contributed by atoms with E-state index in [1.165, 1.54) is 6.07 Å². The quantitative estimate of drug-likeness (QED) is 0.610. The van der Waals surface area contributed by atoms with E-state index in [2.05, 4.69) is 0 Å². The molecule has 1 rings (SSSR count). The molecule has 0 aliphatic rings. The van der Waals surface area contributed by atoms with Gasteiger partial charge in [0.05, 0.1) is 0 Å². The van der Waals surface area contributed by atoms with Crippen LogP contribution in [0.5, 0.6) is 0 Å². The Morgan fingerprint density at radius 1 is 1.45 bits per heavy atom. The molecule has 0 atom stereocenters. The second-order valence-electron chi connectivity index (χ2n) is 2.49. The second-order valence-corrected chi connectivity index (χ2v) is 2.89. The Bertz CT molecular complexity index is 269. The molecule has 0 N–H and O–H groups in total. The van der Waals surface area contributed by atoms with Gasteiger partial charge in [0, 0.05) is 5.02 Å². The third-order valence-electron chi connectivity index (χ3n) is 1.83. The monoisotopic (exact) mass is 172 g/mol. The van der Waals surface area contributed by atoms with Crippen LogP contribution in [0, 0.1) is 12.7 Å². The van der Waals surface area contributed by atoms with Gasteiger partial charge in [-0.1, -0.05) is 18.5 Å². The first-order valence-electron chi connectivity index (χ1n) is 3.60. The zero-order valence-corrected chi connectivity index (χ0v) is 7.37. The van der Waals surface area contributed by atoms with Crippen LogP contribution in [0.3, 0.4) is 0 Å². The molecule has 0 saturated heterocycles. The van der Waals surface area contributed by atoms with Crippen molar-refractivity contribution in [3.05, 3.63) is 34.1 Å². The van der Waals surface area contributed by atoms with Crippen LogP contribution in [-0.2, 0) is 6.42 Å². The van der Waals surface area contributed by atoms with E-state index in [0.29, 0.717) is 11.4 Å². The number of rotatable bonds is 1. The van der Waals surface area contributed by atoms with Crippen LogP contribution in [0.2, 0.25) is 5.02 Å². The molecule has 0 unspecified atom stereocenters. The molecule has 0 aromatic heterocycles. The van der Waals surface area contributed by atoms with E-state index in [1.807, 2.05) is 13.8 Å². The Morgan fingerprint density at radius 3 is 2.55 bits per heavy atom. The van der Waals surface area contributed by atoms with Gasteiger partial charge in [0.2, 0.25) is 0 Å². The van der Waals surface area contributed by atoms with Gasteiger partial charge < -0.3 is 0 Å². The van der Waals surface area contributed by atoms with Gasteiger partial charge in [-0.15, -0.1) is 0 Å². The summed E-state index contributed by atoms with van der Waals surface area (Å²) in [6.07, 6.45) is 0.693. The fourth-order valence-electron chi connectivity index (χ4n) is 1.13. The standard InChI is InChI=1S/C9H10ClF/c1-3-7-6(2)8(10)4-5-9(7)11/h4-5H,3H2,1-2H3. The van der Waals surface area contributed by atoms with Crippen molar-refractivity contribution in [3.8, 4) is 0 Å². The van der Waals surface area contributed by atoms with Gasteiger partial charge in [0.25, 0.3) is 0 Å². The topological polar surface area (TPSA) is 0 Å². The molecule has 0 fully saturated rings. The fourth-order valence-corrected chi connectivity index (χ4v) is 1.31. The predicted octanol–water partition coefficient (Wildman–Crippen LogP) is 3.35. The molecule has 11 heavy (non-hydrogen) atoms. The molecule has 0 radical (unpaired) electrons. The smallest absolute Gasteiger partial charge is 0.126 e. The van der Waals surface area contributed by atoms with E-state index in [9.17, 15) is 4.39 Å². The highest BCUT2D eigenvalue weighted by Crippen LogP contribution is 2.21. The minimum atomic E-state index is -0.158. The number of hydrogen-bond acceptors (Lipinski definition) is 0. The lowest BCUT2D eigenvalue weighted by molar-refractivity contribution is 0.610. The van der Waals surface area contributed by atoms with Crippen LogP contribution in [0.15, 0.2) is 12.1 Å². The summed E-state index contributed by atoms with van der Waals surface area (Å²) in [6, 6.07) is 3.00. The van der Waals surface area contributed by atoms with Gasteiger partial charge in [-0.25, -0.2) is 4.39 Å². The SMILES string of the molecule is CCc1c(F)ccc(Cl)c1C. The van der Waals surface area contributed by atoms with Crippen molar-refractivity contribution in [3.63, 3.8) is 0 Å². The first kappa shape index (κ1) is 8.54. The first-order chi connectivity index (χ1) is 5.16. The maximum Gasteiger partial charge on any atom is 0.126 e. The number of halogens is 2. The average molecular weight is 173 g/mol. The van der Waals surface area contributed by atoms with E-state index < -0.39 is 0 Å². The van der Waals surface area contributed by atoms with Crippen molar-refractivity contribution in [2.45, 2.75) is 20.3 Å². The van der Waals surface area contributed by atoms with Crippen LogP contribution in [-0.4, -0.2) is 0 Å². The van der Waals surface area contributed by atoms with Crippen molar-refractivity contribution in [2.75, 3.05) is 0 Å². The van der Waals surface area contributed by atoms with Crippen molar-refractivity contribution >= 4 is 11.6 Å². The zero-order chi connectivity index (χ0) is 8.43. The molecule has 1 aromatic carbocycles. The summed E-state index contributed by atoms with van der Waals surface area (Å²) >= 11 is 5.80. The summed E-state index contributed by atoms with van der Waals surface area (Å²) < 4.78 is 13.0. The van der Waals surface area contributed by atoms with E-state index in [1.54, 1.807) is 6.07 Å². The van der Waals surface area contributed by atoms with Crippen molar-refractivity contribution in [1.82, 2.24) is 0 Å². The van der Waals surface area contributed by atoms with Gasteiger partial charge in [0.1, 0.15) is 5.82 Å². The molecule has 0 amide bonds. The molecule has 0 aliphatic heterocycles. The minimum Gasteiger partial charge on any atom is -0.207 e. The van der Waals surface area contributed by atoms with Crippen LogP contribution >= 0.6 is 11.6 Å². The van der Waals surface area contributed by atoms with Crippen LogP contribution in [0.25, 0.3) is 0 Å². The van der Waals surface area contributed by atoms with E-state index >= 15 is 0 Å². The molecule has 0 spiro atoms. The molecule has 0 nitrogen and oxygen atoms in total. The normalized spacial score (nSPS) is 10.2. The largest absolute Gasteiger partial charge is 0.207 e. The van der Waals surface area contributed by atoms with Gasteiger partial charge >= 0.3 is 0 Å². The van der Waals surface area contributed by atoms with Crippen molar-refractivity contribution in [1.29, 1.82) is 0 Å². The Hall–Kier alpha value is -0.560. The lowest BCUT2D eigenvalue weighted by Gasteiger charge is -2.05. The summed E-state index contributed by atoms with van der Waals surface area (Å²) in [5, 5.41) is 0.642. The molecule has 2 heteroatoms.